The maximum atomic E-state index is 13.3. The molecular weight excluding hydrogens is 386 g/mol. The van der Waals surface area contributed by atoms with E-state index in [1.165, 1.54) is 0 Å². The fourth-order valence-corrected chi connectivity index (χ4v) is 3.71. The van der Waals surface area contributed by atoms with Gasteiger partial charge in [0.2, 0.25) is 5.91 Å². The summed E-state index contributed by atoms with van der Waals surface area (Å²) < 4.78 is 0. The van der Waals surface area contributed by atoms with Crippen molar-refractivity contribution in [2.24, 2.45) is 5.92 Å². The van der Waals surface area contributed by atoms with Crippen LogP contribution in [-0.4, -0.2) is 43.4 Å². The van der Waals surface area contributed by atoms with Crippen molar-refractivity contribution in [3.8, 4) is 0 Å². The van der Waals surface area contributed by atoms with Crippen LogP contribution in [0.3, 0.4) is 0 Å². The van der Waals surface area contributed by atoms with Gasteiger partial charge in [-0.15, -0.1) is 12.4 Å². The summed E-state index contributed by atoms with van der Waals surface area (Å²) in [6, 6.07) is 17.9. The smallest absolute Gasteiger partial charge is 0.252 e. The molecule has 0 bridgehead atoms. The molecule has 1 heterocycles. The van der Waals surface area contributed by atoms with E-state index in [0.717, 1.165) is 44.5 Å². The molecule has 2 amide bonds. The van der Waals surface area contributed by atoms with E-state index in [0.29, 0.717) is 11.5 Å². The molecule has 1 unspecified atom stereocenters. The van der Waals surface area contributed by atoms with Gasteiger partial charge in [0.15, 0.2) is 0 Å². The van der Waals surface area contributed by atoms with Crippen LogP contribution in [0.25, 0.3) is 0 Å². The Balaban J connectivity index is 0.00000300. The van der Waals surface area contributed by atoms with Crippen molar-refractivity contribution in [3.63, 3.8) is 0 Å². The van der Waals surface area contributed by atoms with Gasteiger partial charge < -0.3 is 15.5 Å². The van der Waals surface area contributed by atoms with Crippen LogP contribution in [0.2, 0.25) is 0 Å². The molecule has 1 fully saturated rings. The highest BCUT2D eigenvalue weighted by atomic mass is 35.5. The van der Waals surface area contributed by atoms with Crippen LogP contribution < -0.4 is 10.6 Å². The molecule has 156 valence electrons. The maximum Gasteiger partial charge on any atom is 0.252 e. The Morgan fingerprint density at radius 2 is 1.59 bits per heavy atom. The molecule has 1 saturated heterocycles. The molecule has 1 aliphatic heterocycles. The molecule has 0 aliphatic carbocycles. The molecule has 5 nitrogen and oxygen atoms in total. The quantitative estimate of drug-likeness (QED) is 0.728. The first-order valence-corrected chi connectivity index (χ1v) is 10.0. The molecule has 0 radical (unpaired) electrons. The lowest BCUT2D eigenvalue weighted by Crippen LogP contribution is -2.46. The summed E-state index contributed by atoms with van der Waals surface area (Å²) in [7, 11) is 1.97. The summed E-state index contributed by atoms with van der Waals surface area (Å²) in [5, 5.41) is 6.15. The third-order valence-electron chi connectivity index (χ3n) is 5.42. The second-order valence-corrected chi connectivity index (χ2v) is 7.34. The van der Waals surface area contributed by atoms with E-state index in [4.69, 9.17) is 0 Å². The second-order valence-electron chi connectivity index (χ2n) is 7.34. The zero-order valence-corrected chi connectivity index (χ0v) is 17.7. The van der Waals surface area contributed by atoms with E-state index >= 15 is 0 Å². The summed E-state index contributed by atoms with van der Waals surface area (Å²) in [6.07, 6.45) is 3.18. The van der Waals surface area contributed by atoms with Crippen molar-refractivity contribution in [2.45, 2.75) is 25.3 Å². The zero-order chi connectivity index (χ0) is 19.8. The Hall–Kier alpha value is -2.37. The standard InChI is InChI=1S/C23H29N3O2.ClH/c1-24-15-12-18-13-16-26(17-14-18)23(28)21(19-8-4-2-5-9-19)25-22(27)20-10-6-3-7-11-20;/h2-11,18,21,24H,12-17H2,1H3,(H,25,27);1H. The van der Waals surface area contributed by atoms with E-state index < -0.39 is 6.04 Å². The van der Waals surface area contributed by atoms with Crippen LogP contribution in [0.15, 0.2) is 60.7 Å². The molecule has 2 aromatic rings. The molecule has 0 aromatic heterocycles. The molecule has 6 heteroatoms. The van der Waals surface area contributed by atoms with Gasteiger partial charge in [0.05, 0.1) is 0 Å². The van der Waals surface area contributed by atoms with Crippen molar-refractivity contribution in [1.29, 1.82) is 0 Å². The largest absolute Gasteiger partial charge is 0.341 e. The van der Waals surface area contributed by atoms with Gasteiger partial charge in [-0.2, -0.15) is 0 Å². The van der Waals surface area contributed by atoms with E-state index in [1.54, 1.807) is 12.1 Å². The Morgan fingerprint density at radius 3 is 2.17 bits per heavy atom. The number of carbonyl (C=O) groups is 2. The number of carbonyl (C=O) groups excluding carboxylic acids is 2. The second kappa shape index (κ2) is 11.6. The van der Waals surface area contributed by atoms with Crippen molar-refractivity contribution in [1.82, 2.24) is 15.5 Å². The maximum absolute atomic E-state index is 13.3. The average Bonchev–Trinajstić information content (AvgIpc) is 2.77. The Morgan fingerprint density at radius 1 is 1.00 bits per heavy atom. The topological polar surface area (TPSA) is 61.4 Å². The summed E-state index contributed by atoms with van der Waals surface area (Å²) in [4.78, 5) is 27.9. The molecule has 29 heavy (non-hydrogen) atoms. The molecule has 3 rings (SSSR count). The molecule has 1 aliphatic rings. The lowest BCUT2D eigenvalue weighted by Gasteiger charge is -2.34. The van der Waals surface area contributed by atoms with Gasteiger partial charge in [0.1, 0.15) is 6.04 Å². The third-order valence-corrected chi connectivity index (χ3v) is 5.42. The summed E-state index contributed by atoms with van der Waals surface area (Å²) in [6.45, 7) is 2.51. The lowest BCUT2D eigenvalue weighted by molar-refractivity contribution is -0.134. The number of halogens is 1. The van der Waals surface area contributed by atoms with Crippen LogP contribution in [-0.2, 0) is 4.79 Å². The van der Waals surface area contributed by atoms with Gasteiger partial charge in [0, 0.05) is 18.7 Å². The normalized spacial score (nSPS) is 15.3. The van der Waals surface area contributed by atoms with Gasteiger partial charge in [0.25, 0.3) is 5.91 Å². The first-order valence-electron chi connectivity index (χ1n) is 10.0. The molecule has 0 saturated carbocycles. The minimum absolute atomic E-state index is 0. The van der Waals surface area contributed by atoms with E-state index in [2.05, 4.69) is 10.6 Å². The van der Waals surface area contributed by atoms with E-state index in [1.807, 2.05) is 60.5 Å². The summed E-state index contributed by atoms with van der Waals surface area (Å²) in [5.74, 6) is 0.403. The highest BCUT2D eigenvalue weighted by Gasteiger charge is 2.30. The monoisotopic (exact) mass is 415 g/mol. The number of rotatable bonds is 7. The Labute approximate surface area is 179 Å². The average molecular weight is 416 g/mol. The number of likely N-dealkylation sites (tertiary alicyclic amines) is 1. The minimum atomic E-state index is -0.664. The molecule has 2 N–H and O–H groups in total. The number of hydrogen-bond donors (Lipinski definition) is 2. The molecule has 0 spiro atoms. The summed E-state index contributed by atoms with van der Waals surface area (Å²) in [5.41, 5.74) is 1.37. The molecule has 1 atom stereocenters. The van der Waals surface area contributed by atoms with Crippen molar-refractivity contribution in [3.05, 3.63) is 71.8 Å². The van der Waals surface area contributed by atoms with Crippen LogP contribution in [0.4, 0.5) is 0 Å². The zero-order valence-electron chi connectivity index (χ0n) is 16.8. The molecule has 2 aromatic carbocycles. The first kappa shape index (κ1) is 22.9. The highest BCUT2D eigenvalue weighted by Crippen LogP contribution is 2.24. The Bertz CT molecular complexity index is 762. The third kappa shape index (κ3) is 6.31. The predicted molar refractivity (Wildman–Crippen MR) is 118 cm³/mol. The van der Waals surface area contributed by atoms with Crippen LogP contribution in [0.5, 0.6) is 0 Å². The minimum Gasteiger partial charge on any atom is -0.341 e. The van der Waals surface area contributed by atoms with Crippen LogP contribution >= 0.6 is 12.4 Å². The predicted octanol–water partition coefficient (Wildman–Crippen LogP) is 3.43. The van der Waals surface area contributed by atoms with Crippen molar-refractivity contribution in [2.75, 3.05) is 26.7 Å². The fraction of sp³-hybridized carbons (Fsp3) is 0.391. The first-order chi connectivity index (χ1) is 13.7. The number of amides is 2. The Kier molecular flexibility index (Phi) is 9.16. The van der Waals surface area contributed by atoms with Crippen molar-refractivity contribution < 1.29 is 9.59 Å². The van der Waals surface area contributed by atoms with Crippen LogP contribution in [0, 0.1) is 5.92 Å². The lowest BCUT2D eigenvalue weighted by atomic mass is 9.92. The number of nitrogens with one attached hydrogen (secondary N) is 2. The number of benzene rings is 2. The number of hydrogen-bond acceptors (Lipinski definition) is 3. The van der Waals surface area contributed by atoms with Gasteiger partial charge >= 0.3 is 0 Å². The number of piperidine rings is 1. The van der Waals surface area contributed by atoms with E-state index in [-0.39, 0.29) is 24.2 Å². The number of nitrogens with zero attached hydrogens (tertiary/aromatic N) is 1. The van der Waals surface area contributed by atoms with Gasteiger partial charge in [-0.25, -0.2) is 0 Å². The summed E-state index contributed by atoms with van der Waals surface area (Å²) >= 11 is 0. The van der Waals surface area contributed by atoms with Gasteiger partial charge in [-0.1, -0.05) is 48.5 Å². The molecular formula is C23H30ClN3O2. The van der Waals surface area contributed by atoms with Gasteiger partial charge in [-0.05, 0) is 56.5 Å². The van der Waals surface area contributed by atoms with Crippen LogP contribution in [0.1, 0.15) is 41.2 Å². The van der Waals surface area contributed by atoms with E-state index in [9.17, 15) is 9.59 Å². The fourth-order valence-electron chi connectivity index (χ4n) is 3.71. The van der Waals surface area contributed by atoms with Gasteiger partial charge in [-0.3, -0.25) is 9.59 Å². The highest BCUT2D eigenvalue weighted by molar-refractivity contribution is 5.97. The SMILES string of the molecule is CNCCC1CCN(C(=O)C(NC(=O)c2ccccc2)c2ccccc2)CC1.Cl. The van der Waals surface area contributed by atoms with Crippen molar-refractivity contribution >= 4 is 24.2 Å².